The fourth-order valence-corrected chi connectivity index (χ4v) is 5.40. The lowest BCUT2D eigenvalue weighted by atomic mass is 10.2. The van der Waals surface area contributed by atoms with Crippen LogP contribution in [0.2, 0.25) is 18.1 Å². The molecule has 0 radical (unpaired) electrons. The van der Waals surface area contributed by atoms with E-state index in [9.17, 15) is 9.90 Å². The minimum Gasteiger partial charge on any atom is -0.476 e. The van der Waals surface area contributed by atoms with Crippen LogP contribution in [0.3, 0.4) is 0 Å². The zero-order valence-corrected chi connectivity index (χ0v) is 26.3. The highest BCUT2D eigenvalue weighted by Crippen LogP contribution is 2.36. The highest BCUT2D eigenvalue weighted by Gasteiger charge is 2.39. The predicted octanol–water partition coefficient (Wildman–Crippen LogP) is 4.32. The molecule has 0 unspecified atom stereocenters. The normalized spacial score (nSPS) is 19.5. The van der Waals surface area contributed by atoms with Gasteiger partial charge in [-0.05, 0) is 75.5 Å². The van der Waals surface area contributed by atoms with Crippen LogP contribution in [0.5, 0.6) is 5.88 Å². The Hall–Kier alpha value is -0.893. The van der Waals surface area contributed by atoms with Crippen molar-refractivity contribution in [3.63, 3.8) is 0 Å². The number of hydrogen-bond donors (Lipinski definition) is 1. The van der Waals surface area contributed by atoms with E-state index in [1.807, 2.05) is 39.4 Å². The number of halogens is 1. The minimum atomic E-state index is -1.86. The number of nitrogens with zero attached hydrogens (tertiary/aromatic N) is 4. The second kappa shape index (κ2) is 11.7. The van der Waals surface area contributed by atoms with Crippen molar-refractivity contribution in [1.29, 1.82) is 0 Å². The van der Waals surface area contributed by atoms with Crippen molar-refractivity contribution < 1.29 is 23.8 Å². The largest absolute Gasteiger partial charge is 0.476 e. The Kier molecular flexibility index (Phi) is 10.1. The maximum atomic E-state index is 12.5. The molecule has 2 rings (SSSR count). The third kappa shape index (κ3) is 8.04. The fourth-order valence-electron chi connectivity index (χ4n) is 3.65. The molecule has 1 amide bonds. The number of amides is 1. The van der Waals surface area contributed by atoms with Crippen molar-refractivity contribution in [2.24, 2.45) is 0 Å². The number of aromatic nitrogens is 2. The van der Waals surface area contributed by atoms with Crippen molar-refractivity contribution in [1.82, 2.24) is 19.6 Å². The Morgan fingerprint density at radius 3 is 2.40 bits per heavy atom. The Morgan fingerprint density at radius 2 is 1.86 bits per heavy atom. The number of aliphatic hydroxyl groups is 1. The first-order valence-corrected chi connectivity index (χ1v) is 16.3. The first-order valence-electron chi connectivity index (χ1n) is 12.3. The summed E-state index contributed by atoms with van der Waals surface area (Å²) >= 11 is 2.28. The zero-order valence-electron chi connectivity index (χ0n) is 23.1. The van der Waals surface area contributed by atoms with Crippen LogP contribution >= 0.6 is 22.6 Å². The maximum Gasteiger partial charge on any atom is 0.410 e. The SMILES string of the molecule is CCOc1nn(CCO[Si](C)(C)C(C)(C)C)c(CN(C)[C@H]2CN(C(=O)OC(C)(C)C)C[C@H]2O)c1I. The highest BCUT2D eigenvalue weighted by molar-refractivity contribution is 14.1. The molecule has 0 spiro atoms. The number of likely N-dealkylation sites (N-methyl/N-ethyl adjacent to an activating group) is 1. The van der Waals surface area contributed by atoms with Crippen molar-refractivity contribution in [2.75, 3.05) is 33.4 Å². The van der Waals surface area contributed by atoms with Crippen LogP contribution in [0, 0.1) is 3.57 Å². The van der Waals surface area contributed by atoms with Crippen LogP contribution in [-0.4, -0.2) is 90.2 Å². The number of carbonyl (C=O) groups is 1. The number of hydrogen-bond acceptors (Lipinski definition) is 7. The Balaban J connectivity index is 2.14. The van der Waals surface area contributed by atoms with Gasteiger partial charge in [-0.25, -0.2) is 4.79 Å². The number of aliphatic hydroxyl groups excluding tert-OH is 1. The number of β-amino-alcohol motifs (C(OH)–C–C–N with tert-alkyl or cyclic N) is 1. The average Bonchev–Trinajstić information content (AvgIpc) is 3.22. The lowest BCUT2D eigenvalue weighted by Gasteiger charge is -2.36. The summed E-state index contributed by atoms with van der Waals surface area (Å²) in [5, 5.41) is 15.6. The average molecular weight is 625 g/mol. The molecule has 1 aliphatic rings. The topological polar surface area (TPSA) is 89.3 Å². The predicted molar refractivity (Wildman–Crippen MR) is 148 cm³/mol. The maximum absolute atomic E-state index is 12.5. The lowest BCUT2D eigenvalue weighted by Crippen LogP contribution is -2.42. The molecule has 11 heteroatoms. The van der Waals surface area contributed by atoms with Gasteiger partial charge in [0.2, 0.25) is 5.88 Å². The van der Waals surface area contributed by atoms with Crippen LogP contribution in [0.4, 0.5) is 4.79 Å². The van der Waals surface area contributed by atoms with Crippen molar-refractivity contribution >= 4 is 37.0 Å². The van der Waals surface area contributed by atoms with E-state index in [-0.39, 0.29) is 17.6 Å². The lowest BCUT2D eigenvalue weighted by molar-refractivity contribution is 0.0269. The summed E-state index contributed by atoms with van der Waals surface area (Å²) in [6.07, 6.45) is -1.05. The minimum absolute atomic E-state index is 0.143. The molecule has 0 saturated carbocycles. The molecule has 0 aliphatic carbocycles. The summed E-state index contributed by atoms with van der Waals surface area (Å²) in [6, 6.07) is -0.208. The molecule has 202 valence electrons. The van der Waals surface area contributed by atoms with Crippen LogP contribution < -0.4 is 4.74 Å². The van der Waals surface area contributed by atoms with Gasteiger partial charge in [0.1, 0.15) is 5.60 Å². The van der Waals surface area contributed by atoms with Crippen LogP contribution in [0.1, 0.15) is 54.2 Å². The first kappa shape index (κ1) is 30.3. The molecule has 1 saturated heterocycles. The van der Waals surface area contributed by atoms with E-state index in [2.05, 4.69) is 61.4 Å². The van der Waals surface area contributed by atoms with E-state index in [1.165, 1.54) is 0 Å². The molecule has 1 aromatic rings. The van der Waals surface area contributed by atoms with Gasteiger partial charge in [-0.15, -0.1) is 5.10 Å². The fraction of sp³-hybridized carbons (Fsp3) is 0.833. The Labute approximate surface area is 225 Å². The molecule has 1 N–H and O–H groups in total. The van der Waals surface area contributed by atoms with Crippen molar-refractivity contribution in [3.8, 4) is 5.88 Å². The van der Waals surface area contributed by atoms with Gasteiger partial charge in [-0.3, -0.25) is 9.58 Å². The van der Waals surface area contributed by atoms with Crippen LogP contribution in [-0.2, 0) is 22.3 Å². The Morgan fingerprint density at radius 1 is 1.23 bits per heavy atom. The second-order valence-electron chi connectivity index (χ2n) is 11.8. The summed E-state index contributed by atoms with van der Waals surface area (Å²) in [6.45, 7) is 21.6. The molecular weight excluding hydrogens is 579 g/mol. The van der Waals surface area contributed by atoms with Gasteiger partial charge in [0, 0.05) is 13.1 Å². The summed E-state index contributed by atoms with van der Waals surface area (Å²) in [5.41, 5.74) is 0.440. The summed E-state index contributed by atoms with van der Waals surface area (Å²) in [5.74, 6) is 0.617. The molecule has 2 atom stereocenters. The van der Waals surface area contributed by atoms with Gasteiger partial charge < -0.3 is 23.9 Å². The number of carbonyl (C=O) groups excluding carboxylic acids is 1. The molecule has 9 nitrogen and oxygen atoms in total. The van der Waals surface area contributed by atoms with E-state index in [0.29, 0.717) is 38.7 Å². The van der Waals surface area contributed by atoms with E-state index < -0.39 is 26.1 Å². The van der Waals surface area contributed by atoms with Gasteiger partial charge in [-0.2, -0.15) is 0 Å². The summed E-state index contributed by atoms with van der Waals surface area (Å²) in [4.78, 5) is 16.2. The van der Waals surface area contributed by atoms with Crippen LogP contribution in [0.15, 0.2) is 0 Å². The van der Waals surface area contributed by atoms with Gasteiger partial charge >= 0.3 is 6.09 Å². The molecule has 2 heterocycles. The molecule has 1 fully saturated rings. The van der Waals surface area contributed by atoms with E-state index in [4.69, 9.17) is 19.0 Å². The monoisotopic (exact) mass is 624 g/mol. The molecule has 1 aliphatic heterocycles. The van der Waals surface area contributed by atoms with Gasteiger partial charge in [-0.1, -0.05) is 20.8 Å². The van der Waals surface area contributed by atoms with Crippen molar-refractivity contribution in [2.45, 2.75) is 97.4 Å². The standard InChI is InChI=1S/C24H45IN4O5Si/c1-11-32-21-20(25)18(29(26-21)12-13-33-35(9,10)24(5,6)7)14-27(8)17-15-28(16-19(17)30)22(31)34-23(2,3)4/h17,19,30H,11-16H2,1-10H3/t17-,19+/m0/s1. The highest BCUT2D eigenvalue weighted by atomic mass is 127. The second-order valence-corrected chi connectivity index (χ2v) is 17.7. The molecule has 0 aromatic carbocycles. The van der Waals surface area contributed by atoms with E-state index >= 15 is 0 Å². The first-order chi connectivity index (χ1) is 16.0. The van der Waals surface area contributed by atoms with Gasteiger partial charge in [0.25, 0.3) is 0 Å². The third-order valence-electron chi connectivity index (χ3n) is 6.69. The van der Waals surface area contributed by atoms with Crippen molar-refractivity contribution in [3.05, 3.63) is 9.26 Å². The smallest absolute Gasteiger partial charge is 0.410 e. The quantitative estimate of drug-likeness (QED) is 0.324. The zero-order chi connectivity index (χ0) is 26.8. The summed E-state index contributed by atoms with van der Waals surface area (Å²) in [7, 11) is 0.101. The van der Waals surface area contributed by atoms with E-state index in [0.717, 1.165) is 9.26 Å². The molecule has 1 aromatic heterocycles. The van der Waals surface area contributed by atoms with Gasteiger partial charge in [0.15, 0.2) is 8.32 Å². The van der Waals surface area contributed by atoms with Crippen LogP contribution in [0.25, 0.3) is 0 Å². The Bertz CT molecular complexity index is 865. The molecule has 0 bridgehead atoms. The molecular formula is C24H45IN4O5Si. The number of rotatable bonds is 9. The van der Waals surface area contributed by atoms with E-state index in [1.54, 1.807) is 4.90 Å². The third-order valence-corrected chi connectivity index (χ3v) is 12.3. The summed E-state index contributed by atoms with van der Waals surface area (Å²) < 4.78 is 20.6. The molecule has 35 heavy (non-hydrogen) atoms. The van der Waals surface area contributed by atoms with Gasteiger partial charge in [0.05, 0.1) is 47.7 Å². The number of ether oxygens (including phenoxy) is 2. The number of likely N-dealkylation sites (tertiary alicyclic amines) is 1.